The van der Waals surface area contributed by atoms with Crippen LogP contribution in [0.1, 0.15) is 38.7 Å². The van der Waals surface area contributed by atoms with Gasteiger partial charge in [0.05, 0.1) is 11.0 Å². The highest BCUT2D eigenvalue weighted by atomic mass is 32.2. The van der Waals surface area contributed by atoms with Gasteiger partial charge in [0.2, 0.25) is 10.0 Å². The van der Waals surface area contributed by atoms with Crippen molar-refractivity contribution in [3.05, 3.63) is 29.8 Å². The lowest BCUT2D eigenvalue weighted by molar-refractivity contribution is 0.113. The number of aryl methyl sites for hydroxylation is 1. The van der Waals surface area contributed by atoms with E-state index in [0.717, 1.165) is 12.8 Å². The second kappa shape index (κ2) is 6.90. The fraction of sp³-hybridized carbons (Fsp3) is 0.625. The third-order valence-corrected chi connectivity index (χ3v) is 5.91. The minimum absolute atomic E-state index is 0.354. The second-order valence-electron chi connectivity index (χ2n) is 6.21. The smallest absolute Gasteiger partial charge is 0.243 e. The zero-order valence-corrected chi connectivity index (χ0v) is 13.6. The van der Waals surface area contributed by atoms with Crippen molar-refractivity contribution in [1.29, 1.82) is 0 Å². The number of aliphatic hydroxyl groups excluding tert-OH is 1. The van der Waals surface area contributed by atoms with Gasteiger partial charge in [0.1, 0.15) is 0 Å². The summed E-state index contributed by atoms with van der Waals surface area (Å²) in [4.78, 5) is 0.354. The molecule has 0 atom stereocenters. The van der Waals surface area contributed by atoms with Gasteiger partial charge in [-0.15, -0.1) is 0 Å². The molecule has 1 N–H and O–H groups in total. The van der Waals surface area contributed by atoms with Crippen LogP contribution in [0.4, 0.5) is 0 Å². The van der Waals surface area contributed by atoms with Crippen LogP contribution in [-0.4, -0.2) is 37.0 Å². The monoisotopic (exact) mass is 311 g/mol. The molecule has 1 heterocycles. The van der Waals surface area contributed by atoms with Crippen LogP contribution >= 0.6 is 0 Å². The van der Waals surface area contributed by atoms with Crippen molar-refractivity contribution in [2.45, 2.75) is 50.5 Å². The van der Waals surface area contributed by atoms with Crippen LogP contribution in [0, 0.1) is 5.92 Å². The lowest BCUT2D eigenvalue weighted by atomic mass is 10.0. The van der Waals surface area contributed by atoms with E-state index in [1.165, 1.54) is 9.87 Å². The lowest BCUT2D eigenvalue weighted by Crippen LogP contribution is -2.39. The van der Waals surface area contributed by atoms with E-state index in [9.17, 15) is 13.5 Å². The molecule has 1 aliphatic rings. The largest absolute Gasteiger partial charge is 0.393 e. The van der Waals surface area contributed by atoms with Crippen molar-refractivity contribution in [1.82, 2.24) is 4.31 Å². The Bertz CT molecular complexity index is 543. The van der Waals surface area contributed by atoms with Crippen LogP contribution < -0.4 is 0 Å². The van der Waals surface area contributed by atoms with Crippen molar-refractivity contribution in [2.75, 3.05) is 13.1 Å². The first kappa shape index (κ1) is 16.5. The molecular weight excluding hydrogens is 286 g/mol. The summed E-state index contributed by atoms with van der Waals surface area (Å²) >= 11 is 0. The first-order chi connectivity index (χ1) is 9.89. The molecule has 0 amide bonds. The van der Waals surface area contributed by atoms with Gasteiger partial charge in [-0.1, -0.05) is 26.0 Å². The number of piperidine rings is 1. The number of sulfonamides is 1. The third kappa shape index (κ3) is 4.28. The summed E-state index contributed by atoms with van der Waals surface area (Å²) in [7, 11) is -3.41. The van der Waals surface area contributed by atoms with E-state index in [1.807, 2.05) is 12.1 Å². The predicted octanol–water partition coefficient (Wildman–Crippen LogP) is 2.42. The number of nitrogens with zero attached hydrogens (tertiary/aromatic N) is 1. The highest BCUT2D eigenvalue weighted by molar-refractivity contribution is 7.89. The lowest BCUT2D eigenvalue weighted by Gasteiger charge is -2.28. The van der Waals surface area contributed by atoms with Gasteiger partial charge in [0.15, 0.2) is 0 Å². The summed E-state index contributed by atoms with van der Waals surface area (Å²) in [6.45, 7) is 5.17. The summed E-state index contributed by atoms with van der Waals surface area (Å²) in [5.74, 6) is 0.646. The van der Waals surface area contributed by atoms with Gasteiger partial charge in [-0.3, -0.25) is 0 Å². The Labute approximate surface area is 127 Å². The molecule has 0 aliphatic carbocycles. The molecule has 1 aromatic rings. The average Bonchev–Trinajstić information content (AvgIpc) is 2.46. The van der Waals surface area contributed by atoms with E-state index >= 15 is 0 Å². The van der Waals surface area contributed by atoms with E-state index < -0.39 is 10.0 Å². The van der Waals surface area contributed by atoms with Crippen LogP contribution in [0.25, 0.3) is 0 Å². The first-order valence-electron chi connectivity index (χ1n) is 7.67. The van der Waals surface area contributed by atoms with Crippen LogP contribution in [0.15, 0.2) is 29.2 Å². The quantitative estimate of drug-likeness (QED) is 0.908. The third-order valence-electron chi connectivity index (χ3n) is 3.99. The molecule has 1 saturated heterocycles. The molecule has 0 unspecified atom stereocenters. The number of rotatable bonds is 5. The highest BCUT2D eigenvalue weighted by Gasteiger charge is 2.28. The van der Waals surface area contributed by atoms with Crippen LogP contribution in [0.2, 0.25) is 0 Å². The van der Waals surface area contributed by atoms with Gasteiger partial charge in [0.25, 0.3) is 0 Å². The molecule has 1 aliphatic heterocycles. The van der Waals surface area contributed by atoms with E-state index in [1.54, 1.807) is 12.1 Å². The Hall–Kier alpha value is -0.910. The summed E-state index contributed by atoms with van der Waals surface area (Å²) in [5, 5.41) is 9.48. The molecule has 0 bridgehead atoms. The minimum atomic E-state index is -3.41. The van der Waals surface area contributed by atoms with Crippen molar-refractivity contribution < 1.29 is 13.5 Å². The van der Waals surface area contributed by atoms with Crippen LogP contribution in [0.3, 0.4) is 0 Å². The summed E-state index contributed by atoms with van der Waals surface area (Å²) in [6, 6.07) is 7.23. The number of hydrogen-bond acceptors (Lipinski definition) is 3. The molecule has 118 valence electrons. The molecule has 0 aromatic heterocycles. The Morgan fingerprint density at radius 1 is 1.19 bits per heavy atom. The molecule has 5 heteroatoms. The maximum Gasteiger partial charge on any atom is 0.243 e. The van der Waals surface area contributed by atoms with E-state index in [2.05, 4.69) is 13.8 Å². The summed E-state index contributed by atoms with van der Waals surface area (Å²) in [6.07, 6.45) is 2.76. The highest BCUT2D eigenvalue weighted by Crippen LogP contribution is 2.21. The molecule has 1 aromatic carbocycles. The van der Waals surface area contributed by atoms with Crippen LogP contribution in [0.5, 0.6) is 0 Å². The fourth-order valence-corrected chi connectivity index (χ4v) is 3.98. The topological polar surface area (TPSA) is 57.6 Å². The molecule has 21 heavy (non-hydrogen) atoms. The number of benzene rings is 1. The van der Waals surface area contributed by atoms with E-state index in [4.69, 9.17) is 0 Å². The van der Waals surface area contributed by atoms with Crippen molar-refractivity contribution >= 4 is 10.0 Å². The zero-order valence-electron chi connectivity index (χ0n) is 12.8. The molecule has 4 nitrogen and oxygen atoms in total. The number of aliphatic hydroxyl groups is 1. The number of hydrogen-bond donors (Lipinski definition) is 1. The molecule has 0 radical (unpaired) electrons. The van der Waals surface area contributed by atoms with Crippen molar-refractivity contribution in [3.8, 4) is 0 Å². The SMILES string of the molecule is CC(C)CCc1ccc(S(=O)(=O)N2CCC(O)CC2)cc1. The maximum absolute atomic E-state index is 12.5. The Morgan fingerprint density at radius 2 is 1.76 bits per heavy atom. The Balaban J connectivity index is 2.06. The Morgan fingerprint density at radius 3 is 2.29 bits per heavy atom. The van der Waals surface area contributed by atoms with E-state index in [-0.39, 0.29) is 6.10 Å². The fourth-order valence-electron chi connectivity index (χ4n) is 2.52. The minimum Gasteiger partial charge on any atom is -0.393 e. The van der Waals surface area contributed by atoms with Crippen LogP contribution in [-0.2, 0) is 16.4 Å². The van der Waals surface area contributed by atoms with E-state index in [0.29, 0.717) is 36.7 Å². The van der Waals surface area contributed by atoms with Gasteiger partial charge < -0.3 is 5.11 Å². The van der Waals surface area contributed by atoms with Crippen molar-refractivity contribution in [3.63, 3.8) is 0 Å². The molecule has 1 fully saturated rings. The predicted molar refractivity (Wildman–Crippen MR) is 83.6 cm³/mol. The maximum atomic E-state index is 12.5. The standard InChI is InChI=1S/C16H25NO3S/c1-13(2)3-4-14-5-7-16(8-6-14)21(19,20)17-11-9-15(18)10-12-17/h5-8,13,15,18H,3-4,9-12H2,1-2H3. The van der Waals surface area contributed by atoms with Gasteiger partial charge >= 0.3 is 0 Å². The molecule has 0 spiro atoms. The van der Waals surface area contributed by atoms with Gasteiger partial charge in [-0.2, -0.15) is 4.31 Å². The van der Waals surface area contributed by atoms with Gasteiger partial charge in [-0.25, -0.2) is 8.42 Å². The molecular formula is C16H25NO3S. The first-order valence-corrected chi connectivity index (χ1v) is 9.11. The second-order valence-corrected chi connectivity index (χ2v) is 8.15. The Kier molecular flexibility index (Phi) is 5.41. The molecule has 0 saturated carbocycles. The van der Waals surface area contributed by atoms with Crippen molar-refractivity contribution in [2.24, 2.45) is 5.92 Å². The summed E-state index contributed by atoms with van der Waals surface area (Å²) in [5.41, 5.74) is 1.18. The average molecular weight is 311 g/mol. The zero-order chi connectivity index (χ0) is 15.5. The molecule has 2 rings (SSSR count). The summed E-state index contributed by atoms with van der Waals surface area (Å²) < 4.78 is 26.5. The normalized spacial score (nSPS) is 18.3. The van der Waals surface area contributed by atoms with Gasteiger partial charge in [-0.05, 0) is 49.3 Å². The van der Waals surface area contributed by atoms with Gasteiger partial charge in [0, 0.05) is 13.1 Å².